The largest absolute Gasteiger partial charge is 0.298 e. The maximum atomic E-state index is 11.4. The summed E-state index contributed by atoms with van der Waals surface area (Å²) in [6.07, 6.45) is 3.58. The molecule has 5 heteroatoms. The van der Waals surface area contributed by atoms with Gasteiger partial charge in [-0.2, -0.15) is 5.26 Å². The van der Waals surface area contributed by atoms with Crippen molar-refractivity contribution in [3.63, 3.8) is 0 Å². The predicted octanol–water partition coefficient (Wildman–Crippen LogP) is 4.32. The van der Waals surface area contributed by atoms with Crippen molar-refractivity contribution < 1.29 is 4.79 Å². The van der Waals surface area contributed by atoms with Crippen molar-refractivity contribution in [3.05, 3.63) is 21.6 Å². The van der Waals surface area contributed by atoms with E-state index >= 15 is 0 Å². The van der Waals surface area contributed by atoms with Gasteiger partial charge in [-0.1, -0.05) is 25.4 Å². The Hall–Kier alpha value is -0.760. The molecule has 2 nitrogen and oxygen atoms in total. The Bertz CT molecular complexity index is 595. The third-order valence-electron chi connectivity index (χ3n) is 3.49. The molecule has 1 heterocycles. The Labute approximate surface area is 126 Å². The highest BCUT2D eigenvalue weighted by Gasteiger charge is 2.33. The second-order valence-electron chi connectivity index (χ2n) is 4.83. The van der Waals surface area contributed by atoms with Crippen LogP contribution in [-0.4, -0.2) is 12.5 Å². The van der Waals surface area contributed by atoms with Gasteiger partial charge in [0.15, 0.2) is 0 Å². The van der Waals surface area contributed by atoms with Crippen molar-refractivity contribution >= 4 is 46.0 Å². The zero-order valence-corrected chi connectivity index (χ0v) is 13.4. The van der Waals surface area contributed by atoms with Crippen molar-refractivity contribution in [3.8, 4) is 6.07 Å². The van der Waals surface area contributed by atoms with Crippen LogP contribution in [0, 0.1) is 23.2 Å². The molecule has 0 unspecified atom stereocenters. The van der Waals surface area contributed by atoms with Gasteiger partial charge in [-0.15, -0.1) is 23.1 Å². The molecule has 0 aromatic carbocycles. The van der Waals surface area contributed by atoms with Gasteiger partial charge in [0, 0.05) is 11.1 Å². The summed E-state index contributed by atoms with van der Waals surface area (Å²) in [6, 6.07) is 2.26. The standard InChI is InChI=1S/C14H14ClNOS2/c1-7(2)8-4-9-11(5-16)19-14(18-3)12(9)13(15)10(8)6-17/h6-8H,4H2,1-3H3/t8-/m0/s1. The minimum Gasteiger partial charge on any atom is -0.298 e. The predicted molar refractivity (Wildman–Crippen MR) is 81.7 cm³/mol. The van der Waals surface area contributed by atoms with Crippen LogP contribution >= 0.6 is 34.7 Å². The molecule has 100 valence electrons. The van der Waals surface area contributed by atoms with Crippen LogP contribution in [0.4, 0.5) is 0 Å². The van der Waals surface area contributed by atoms with Gasteiger partial charge < -0.3 is 0 Å². The molecule has 1 aromatic heterocycles. The van der Waals surface area contributed by atoms with Crippen molar-refractivity contribution in [1.82, 2.24) is 0 Å². The number of carbonyl (C=O) groups excluding carboxylic acids is 1. The number of nitrogens with zero attached hydrogens (tertiary/aromatic N) is 1. The van der Waals surface area contributed by atoms with Crippen molar-refractivity contribution in [2.24, 2.45) is 11.8 Å². The molecule has 1 atom stereocenters. The highest BCUT2D eigenvalue weighted by Crippen LogP contribution is 2.48. The second-order valence-corrected chi connectivity index (χ2v) is 7.30. The molecule has 0 bridgehead atoms. The van der Waals surface area contributed by atoms with E-state index in [1.54, 1.807) is 11.8 Å². The van der Waals surface area contributed by atoms with Crippen LogP contribution in [0.15, 0.2) is 9.78 Å². The molecular weight excluding hydrogens is 298 g/mol. The maximum absolute atomic E-state index is 11.4. The number of thiophene rings is 1. The third-order valence-corrected chi connectivity index (χ3v) is 6.15. The Balaban J connectivity index is 2.70. The molecule has 0 saturated heterocycles. The van der Waals surface area contributed by atoms with E-state index in [4.69, 9.17) is 11.6 Å². The highest BCUT2D eigenvalue weighted by molar-refractivity contribution is 8.00. The van der Waals surface area contributed by atoms with Gasteiger partial charge in [0.25, 0.3) is 0 Å². The van der Waals surface area contributed by atoms with Crippen LogP contribution in [-0.2, 0) is 11.2 Å². The summed E-state index contributed by atoms with van der Waals surface area (Å²) in [5.74, 6) is 0.431. The van der Waals surface area contributed by atoms with E-state index in [0.717, 1.165) is 32.9 Å². The summed E-state index contributed by atoms with van der Waals surface area (Å²) in [7, 11) is 0. The lowest BCUT2D eigenvalue weighted by Gasteiger charge is -2.27. The second kappa shape index (κ2) is 5.70. The molecule has 0 spiro atoms. The molecule has 0 radical (unpaired) electrons. The van der Waals surface area contributed by atoms with Crippen LogP contribution in [0.2, 0.25) is 0 Å². The number of allylic oxidation sites excluding steroid dienone is 1. The lowest BCUT2D eigenvalue weighted by Crippen LogP contribution is -2.21. The number of aldehydes is 1. The van der Waals surface area contributed by atoms with E-state index in [9.17, 15) is 10.1 Å². The van der Waals surface area contributed by atoms with E-state index in [-0.39, 0.29) is 5.92 Å². The highest BCUT2D eigenvalue weighted by atomic mass is 35.5. The first kappa shape index (κ1) is 14.6. The minimum absolute atomic E-state index is 0.105. The lowest BCUT2D eigenvalue weighted by atomic mass is 9.78. The lowest BCUT2D eigenvalue weighted by molar-refractivity contribution is -0.105. The molecule has 0 N–H and O–H groups in total. The number of hydrogen-bond acceptors (Lipinski definition) is 4. The van der Waals surface area contributed by atoms with E-state index in [2.05, 4.69) is 19.9 Å². The Kier molecular flexibility index (Phi) is 4.39. The Morgan fingerprint density at radius 3 is 2.74 bits per heavy atom. The average molecular weight is 312 g/mol. The summed E-state index contributed by atoms with van der Waals surface area (Å²) in [4.78, 5) is 12.1. The average Bonchev–Trinajstić information content (AvgIpc) is 2.76. The summed E-state index contributed by atoms with van der Waals surface area (Å²) in [6.45, 7) is 4.16. The quantitative estimate of drug-likeness (QED) is 0.616. The Morgan fingerprint density at radius 1 is 1.58 bits per heavy atom. The maximum Gasteiger partial charge on any atom is 0.147 e. The third kappa shape index (κ3) is 2.35. The fourth-order valence-corrected chi connectivity index (χ4v) is 4.85. The first-order valence-corrected chi connectivity index (χ1v) is 8.42. The van der Waals surface area contributed by atoms with Gasteiger partial charge in [0.2, 0.25) is 0 Å². The monoisotopic (exact) mass is 311 g/mol. The number of halogens is 1. The van der Waals surface area contributed by atoms with E-state index in [1.165, 1.54) is 11.3 Å². The molecule has 0 amide bonds. The van der Waals surface area contributed by atoms with Crippen molar-refractivity contribution in [2.75, 3.05) is 6.26 Å². The van der Waals surface area contributed by atoms with Crippen molar-refractivity contribution in [2.45, 2.75) is 24.5 Å². The number of rotatable bonds is 3. The minimum atomic E-state index is 0.105. The topological polar surface area (TPSA) is 40.9 Å². The van der Waals surface area contributed by atoms with E-state index < -0.39 is 0 Å². The van der Waals surface area contributed by atoms with E-state index in [0.29, 0.717) is 16.5 Å². The zero-order chi connectivity index (χ0) is 14.2. The van der Waals surface area contributed by atoms with Crippen LogP contribution in [0.1, 0.15) is 29.9 Å². The first-order valence-electron chi connectivity index (χ1n) is 6.00. The summed E-state index contributed by atoms with van der Waals surface area (Å²) in [5, 5.41) is 9.80. The smallest absolute Gasteiger partial charge is 0.147 e. The number of nitriles is 1. The van der Waals surface area contributed by atoms with Gasteiger partial charge in [-0.3, -0.25) is 4.79 Å². The van der Waals surface area contributed by atoms with Gasteiger partial charge in [0.05, 0.1) is 9.24 Å². The zero-order valence-electron chi connectivity index (χ0n) is 11.0. The number of fused-ring (bicyclic) bond motifs is 1. The van der Waals surface area contributed by atoms with Crippen molar-refractivity contribution in [1.29, 1.82) is 5.26 Å². The summed E-state index contributed by atoms with van der Waals surface area (Å²) >= 11 is 9.49. The molecule has 1 aliphatic carbocycles. The van der Waals surface area contributed by atoms with Gasteiger partial charge in [0.1, 0.15) is 17.2 Å². The van der Waals surface area contributed by atoms with Gasteiger partial charge in [-0.05, 0) is 30.1 Å². The fourth-order valence-electron chi connectivity index (χ4n) is 2.46. The fraction of sp³-hybridized carbons (Fsp3) is 0.429. The van der Waals surface area contributed by atoms with Crippen LogP contribution in [0.5, 0.6) is 0 Å². The van der Waals surface area contributed by atoms with Crippen LogP contribution < -0.4 is 0 Å². The van der Waals surface area contributed by atoms with Gasteiger partial charge in [-0.25, -0.2) is 0 Å². The molecule has 19 heavy (non-hydrogen) atoms. The normalized spacial score (nSPS) is 18.4. The molecule has 0 fully saturated rings. The SMILES string of the molecule is CSc1sc(C#N)c2c1C(Cl)=C(C=O)[C@H](C(C)C)C2. The molecule has 2 rings (SSSR count). The number of carbonyl (C=O) groups is 1. The molecule has 1 aliphatic rings. The van der Waals surface area contributed by atoms with E-state index in [1.807, 2.05) is 6.26 Å². The molecule has 0 saturated carbocycles. The Morgan fingerprint density at radius 2 is 2.26 bits per heavy atom. The molecular formula is C14H14ClNOS2. The molecule has 1 aromatic rings. The number of hydrogen-bond donors (Lipinski definition) is 0. The summed E-state index contributed by atoms with van der Waals surface area (Å²) in [5.41, 5.74) is 2.61. The van der Waals surface area contributed by atoms with Crippen LogP contribution in [0.25, 0.3) is 5.03 Å². The summed E-state index contributed by atoms with van der Waals surface area (Å²) < 4.78 is 1.03. The van der Waals surface area contributed by atoms with Crippen LogP contribution in [0.3, 0.4) is 0 Å². The molecule has 0 aliphatic heterocycles. The number of thioether (sulfide) groups is 1. The first-order chi connectivity index (χ1) is 9.04. The van der Waals surface area contributed by atoms with Gasteiger partial charge >= 0.3 is 0 Å².